The van der Waals surface area contributed by atoms with Crippen LogP contribution in [0.3, 0.4) is 0 Å². The molecule has 2 aromatic carbocycles. The fraction of sp³-hybridized carbons (Fsp3) is 0.348. The van der Waals surface area contributed by atoms with Crippen molar-refractivity contribution in [1.82, 2.24) is 10.2 Å². The Morgan fingerprint density at radius 1 is 0.962 bits per heavy atom. The summed E-state index contributed by atoms with van der Waals surface area (Å²) in [5.74, 6) is 0.0229. The van der Waals surface area contributed by atoms with Gasteiger partial charge in [0.15, 0.2) is 0 Å². The Hall–Kier alpha value is -2.39. The molecule has 4 rings (SSSR count). The highest BCUT2D eigenvalue weighted by Crippen LogP contribution is 2.36. The number of carbonyl (C=O) groups is 1. The Bertz CT molecular complexity index is 742. The molecule has 3 heteroatoms. The number of nitrogens with zero attached hydrogens (tertiary/aromatic N) is 1. The number of carbonyl (C=O) groups excluding carboxylic acids is 1. The summed E-state index contributed by atoms with van der Waals surface area (Å²) in [6.45, 7) is 1.03. The number of rotatable bonds is 5. The van der Waals surface area contributed by atoms with E-state index in [1.165, 1.54) is 18.4 Å². The predicted molar refractivity (Wildman–Crippen MR) is 105 cm³/mol. The van der Waals surface area contributed by atoms with Crippen molar-refractivity contribution in [3.05, 3.63) is 77.9 Å². The van der Waals surface area contributed by atoms with Crippen LogP contribution < -0.4 is 5.32 Å². The molecule has 2 aromatic rings. The summed E-state index contributed by atoms with van der Waals surface area (Å²) in [6.07, 6.45) is 8.18. The molecule has 2 bridgehead atoms. The van der Waals surface area contributed by atoms with E-state index in [0.29, 0.717) is 18.1 Å². The predicted octanol–water partition coefficient (Wildman–Crippen LogP) is 4.01. The van der Waals surface area contributed by atoms with Gasteiger partial charge >= 0.3 is 0 Å². The second kappa shape index (κ2) is 7.88. The molecule has 2 aliphatic rings. The van der Waals surface area contributed by atoms with E-state index < -0.39 is 0 Å². The first-order valence-electron chi connectivity index (χ1n) is 9.61. The third kappa shape index (κ3) is 4.05. The molecule has 0 spiro atoms. The third-order valence-corrected chi connectivity index (χ3v) is 5.67. The van der Waals surface area contributed by atoms with Crippen LogP contribution in [0.4, 0.5) is 0 Å². The van der Waals surface area contributed by atoms with E-state index in [1.54, 1.807) is 6.08 Å². The smallest absolute Gasteiger partial charge is 0.244 e. The Balaban J connectivity index is 1.32. The van der Waals surface area contributed by atoms with Gasteiger partial charge in [0.1, 0.15) is 0 Å². The zero-order valence-electron chi connectivity index (χ0n) is 15.1. The molecule has 26 heavy (non-hydrogen) atoms. The molecule has 2 saturated heterocycles. The molecule has 2 aliphatic heterocycles. The fourth-order valence-electron chi connectivity index (χ4n) is 4.43. The maximum Gasteiger partial charge on any atom is 0.244 e. The summed E-state index contributed by atoms with van der Waals surface area (Å²) in [7, 11) is 0. The molecule has 2 unspecified atom stereocenters. The molecule has 0 saturated carbocycles. The van der Waals surface area contributed by atoms with Crippen molar-refractivity contribution in [1.29, 1.82) is 0 Å². The Morgan fingerprint density at radius 3 is 2.23 bits per heavy atom. The van der Waals surface area contributed by atoms with E-state index in [0.717, 1.165) is 24.9 Å². The average molecular weight is 346 g/mol. The van der Waals surface area contributed by atoms with Crippen LogP contribution in [0.15, 0.2) is 66.7 Å². The topological polar surface area (TPSA) is 32.3 Å². The van der Waals surface area contributed by atoms with Gasteiger partial charge in [-0.3, -0.25) is 9.69 Å². The molecule has 3 nitrogen and oxygen atoms in total. The standard InChI is InChI=1S/C23H26N2O/c26-23(14-11-18-7-3-1-4-8-18)24-20-15-21-12-13-22(16-20)25(21)17-19-9-5-2-6-10-19/h1-11,14,20-22H,12-13,15-17H2,(H,24,26)/b14-11+. The van der Waals surface area contributed by atoms with Crippen molar-refractivity contribution < 1.29 is 4.79 Å². The van der Waals surface area contributed by atoms with Crippen molar-refractivity contribution in [3.8, 4) is 0 Å². The molecular formula is C23H26N2O. The molecule has 0 radical (unpaired) electrons. The maximum absolute atomic E-state index is 12.3. The molecule has 134 valence electrons. The SMILES string of the molecule is O=C(/C=C/c1ccccc1)NC1CC2CCC(C1)N2Cc1ccccc1. The zero-order valence-corrected chi connectivity index (χ0v) is 15.1. The van der Waals surface area contributed by atoms with Gasteiger partial charge in [0.2, 0.25) is 5.91 Å². The molecule has 1 amide bonds. The van der Waals surface area contributed by atoms with Gasteiger partial charge in [-0.25, -0.2) is 0 Å². The second-order valence-corrected chi connectivity index (χ2v) is 7.46. The van der Waals surface area contributed by atoms with Crippen LogP contribution in [0, 0.1) is 0 Å². The van der Waals surface area contributed by atoms with Crippen molar-refractivity contribution in [2.75, 3.05) is 0 Å². The largest absolute Gasteiger partial charge is 0.350 e. The van der Waals surface area contributed by atoms with Gasteiger partial charge in [0.25, 0.3) is 0 Å². The van der Waals surface area contributed by atoms with Crippen molar-refractivity contribution >= 4 is 12.0 Å². The first-order chi connectivity index (χ1) is 12.8. The van der Waals surface area contributed by atoms with Gasteiger partial charge in [-0.15, -0.1) is 0 Å². The van der Waals surface area contributed by atoms with Gasteiger partial charge in [-0.1, -0.05) is 60.7 Å². The lowest BCUT2D eigenvalue weighted by Gasteiger charge is -2.39. The van der Waals surface area contributed by atoms with Gasteiger partial charge in [0.05, 0.1) is 0 Å². The third-order valence-electron chi connectivity index (χ3n) is 5.67. The maximum atomic E-state index is 12.3. The normalized spacial score (nSPS) is 25.5. The Kier molecular flexibility index (Phi) is 5.16. The minimum Gasteiger partial charge on any atom is -0.350 e. The van der Waals surface area contributed by atoms with Gasteiger partial charge in [-0.05, 0) is 42.9 Å². The minimum absolute atomic E-state index is 0.0229. The monoisotopic (exact) mass is 346 g/mol. The van der Waals surface area contributed by atoms with E-state index in [1.807, 2.05) is 36.4 Å². The number of amides is 1. The van der Waals surface area contributed by atoms with E-state index in [2.05, 4.69) is 40.5 Å². The number of hydrogen-bond acceptors (Lipinski definition) is 2. The lowest BCUT2D eigenvalue weighted by molar-refractivity contribution is -0.117. The lowest BCUT2D eigenvalue weighted by atomic mass is 9.96. The summed E-state index contributed by atoms with van der Waals surface area (Å²) < 4.78 is 0. The summed E-state index contributed by atoms with van der Waals surface area (Å²) in [5, 5.41) is 3.22. The second-order valence-electron chi connectivity index (χ2n) is 7.46. The molecule has 2 heterocycles. The van der Waals surface area contributed by atoms with Crippen LogP contribution in [-0.2, 0) is 11.3 Å². The van der Waals surface area contributed by atoms with E-state index >= 15 is 0 Å². The summed E-state index contributed by atoms with van der Waals surface area (Å²) in [5.41, 5.74) is 2.44. The zero-order chi connectivity index (χ0) is 17.8. The summed E-state index contributed by atoms with van der Waals surface area (Å²) >= 11 is 0. The first-order valence-corrected chi connectivity index (χ1v) is 9.61. The molecule has 1 N–H and O–H groups in total. The summed E-state index contributed by atoms with van der Waals surface area (Å²) in [6, 6.07) is 22.2. The van der Waals surface area contributed by atoms with Crippen molar-refractivity contribution in [3.63, 3.8) is 0 Å². The molecule has 2 fully saturated rings. The van der Waals surface area contributed by atoms with Crippen LogP contribution in [0.25, 0.3) is 6.08 Å². The average Bonchev–Trinajstić information content (AvgIpc) is 2.90. The van der Waals surface area contributed by atoms with Crippen LogP contribution in [0.5, 0.6) is 0 Å². The highest BCUT2D eigenvalue weighted by Gasteiger charge is 2.40. The van der Waals surface area contributed by atoms with Crippen LogP contribution in [-0.4, -0.2) is 28.9 Å². The van der Waals surface area contributed by atoms with Gasteiger partial charge in [0, 0.05) is 30.7 Å². The van der Waals surface area contributed by atoms with Gasteiger partial charge in [-0.2, -0.15) is 0 Å². The van der Waals surface area contributed by atoms with Crippen LogP contribution >= 0.6 is 0 Å². The number of benzene rings is 2. The molecule has 0 aliphatic carbocycles. The van der Waals surface area contributed by atoms with E-state index in [4.69, 9.17) is 0 Å². The van der Waals surface area contributed by atoms with Crippen molar-refractivity contribution in [2.24, 2.45) is 0 Å². The Labute approximate surface area is 155 Å². The first kappa shape index (κ1) is 17.0. The molecular weight excluding hydrogens is 320 g/mol. The van der Waals surface area contributed by atoms with Gasteiger partial charge < -0.3 is 5.32 Å². The number of nitrogens with one attached hydrogen (secondary N) is 1. The fourth-order valence-corrected chi connectivity index (χ4v) is 4.43. The number of piperidine rings is 1. The van der Waals surface area contributed by atoms with E-state index in [9.17, 15) is 4.79 Å². The Morgan fingerprint density at radius 2 is 1.58 bits per heavy atom. The number of hydrogen-bond donors (Lipinski definition) is 1. The highest BCUT2D eigenvalue weighted by atomic mass is 16.1. The minimum atomic E-state index is 0.0229. The number of fused-ring (bicyclic) bond motifs is 2. The summed E-state index contributed by atoms with van der Waals surface area (Å²) in [4.78, 5) is 14.9. The van der Waals surface area contributed by atoms with Crippen molar-refractivity contribution in [2.45, 2.75) is 50.4 Å². The van der Waals surface area contributed by atoms with Crippen LogP contribution in [0.2, 0.25) is 0 Å². The van der Waals surface area contributed by atoms with Crippen LogP contribution in [0.1, 0.15) is 36.8 Å². The van der Waals surface area contributed by atoms with E-state index in [-0.39, 0.29) is 5.91 Å². The highest BCUT2D eigenvalue weighted by molar-refractivity contribution is 5.91. The molecule has 0 aromatic heterocycles. The quantitative estimate of drug-likeness (QED) is 0.830. The lowest BCUT2D eigenvalue weighted by Crippen LogP contribution is -2.49. The molecule has 2 atom stereocenters.